The Kier molecular flexibility index (Phi) is 11.6. The summed E-state index contributed by atoms with van der Waals surface area (Å²) in [6.07, 6.45) is 7.51. The Bertz CT molecular complexity index is 654. The van der Waals surface area contributed by atoms with Gasteiger partial charge in [-0.3, -0.25) is 0 Å². The number of aryl methyl sites for hydroxylation is 2. The van der Waals surface area contributed by atoms with Gasteiger partial charge < -0.3 is 0 Å². The maximum atomic E-state index is 4.29. The summed E-state index contributed by atoms with van der Waals surface area (Å²) in [4.78, 5) is 0. The van der Waals surface area contributed by atoms with Crippen LogP contribution in [0, 0.1) is 25.7 Å². The third-order valence-corrected chi connectivity index (χ3v) is 5.59. The summed E-state index contributed by atoms with van der Waals surface area (Å²) in [5, 5.41) is 0. The Labute approximate surface area is 175 Å². The lowest BCUT2D eigenvalue weighted by molar-refractivity contribution is 0.544. The van der Waals surface area contributed by atoms with Crippen LogP contribution in [0.4, 0.5) is 0 Å². The Balaban J connectivity index is 0.000000292. The minimum absolute atomic E-state index is 0.665. The lowest BCUT2D eigenvalue weighted by atomic mass is 9.87. The second kappa shape index (κ2) is 13.4. The standard InChI is InChI=1S/C16H24.C12H18/c1-5-7-15(8-6-2)14(4)16-11-9-13(3)10-12-16;1-4-10(2)9-12-7-5-11(3)6-8-12/h9-12,15H,4-8H2,1-3H3;5-8,10H,4,9H2,1-3H3. The third kappa shape index (κ3) is 8.91. The Morgan fingerprint density at radius 3 is 1.68 bits per heavy atom. The van der Waals surface area contributed by atoms with E-state index in [9.17, 15) is 0 Å². The molecule has 2 rings (SSSR count). The SMILES string of the molecule is C=C(c1ccc(C)cc1)C(CCC)CCC.CCC(C)Cc1ccc(C)cc1. The van der Waals surface area contributed by atoms with E-state index in [1.54, 1.807) is 0 Å². The monoisotopic (exact) mass is 378 g/mol. The van der Waals surface area contributed by atoms with Crippen LogP contribution in [0.5, 0.6) is 0 Å². The second-order valence-electron chi connectivity index (χ2n) is 8.37. The molecule has 154 valence electrons. The molecule has 0 N–H and O–H groups in total. The highest BCUT2D eigenvalue weighted by Crippen LogP contribution is 2.29. The molecule has 0 saturated carbocycles. The van der Waals surface area contributed by atoms with E-state index in [-0.39, 0.29) is 0 Å². The van der Waals surface area contributed by atoms with Crippen molar-refractivity contribution in [3.05, 3.63) is 77.4 Å². The van der Waals surface area contributed by atoms with E-state index >= 15 is 0 Å². The predicted molar refractivity (Wildman–Crippen MR) is 128 cm³/mol. The third-order valence-electron chi connectivity index (χ3n) is 5.59. The predicted octanol–water partition coefficient (Wildman–Crippen LogP) is 8.81. The first-order valence-electron chi connectivity index (χ1n) is 11.2. The van der Waals surface area contributed by atoms with E-state index < -0.39 is 0 Å². The van der Waals surface area contributed by atoms with Crippen LogP contribution in [0.15, 0.2) is 55.1 Å². The Morgan fingerprint density at radius 1 is 0.786 bits per heavy atom. The zero-order valence-corrected chi connectivity index (χ0v) is 19.2. The average Bonchev–Trinajstić information content (AvgIpc) is 2.70. The lowest BCUT2D eigenvalue weighted by Gasteiger charge is -2.18. The van der Waals surface area contributed by atoms with Gasteiger partial charge in [-0.25, -0.2) is 0 Å². The van der Waals surface area contributed by atoms with Crippen LogP contribution >= 0.6 is 0 Å². The Morgan fingerprint density at radius 2 is 1.25 bits per heavy atom. The van der Waals surface area contributed by atoms with Crippen LogP contribution in [0.1, 0.15) is 82.1 Å². The first-order chi connectivity index (χ1) is 13.4. The fraction of sp³-hybridized carbons (Fsp3) is 0.500. The van der Waals surface area contributed by atoms with E-state index in [0.717, 1.165) is 5.92 Å². The van der Waals surface area contributed by atoms with Gasteiger partial charge in [0.2, 0.25) is 0 Å². The molecular formula is C28H42. The molecule has 1 unspecified atom stereocenters. The summed E-state index contributed by atoms with van der Waals surface area (Å²) in [6, 6.07) is 17.6. The van der Waals surface area contributed by atoms with Crippen molar-refractivity contribution in [3.63, 3.8) is 0 Å². The van der Waals surface area contributed by atoms with Crippen molar-refractivity contribution in [2.45, 2.75) is 80.1 Å². The van der Waals surface area contributed by atoms with E-state index in [1.165, 1.54) is 66.4 Å². The number of allylic oxidation sites excluding steroid dienone is 1. The largest absolute Gasteiger partial charge is 0.0950 e. The molecule has 0 heteroatoms. The zero-order chi connectivity index (χ0) is 20.9. The van der Waals surface area contributed by atoms with E-state index in [2.05, 4.69) is 96.7 Å². The molecule has 0 bridgehead atoms. The summed E-state index contributed by atoms with van der Waals surface area (Å²) in [7, 11) is 0. The molecule has 0 aliphatic rings. The highest BCUT2D eigenvalue weighted by molar-refractivity contribution is 5.65. The molecular weight excluding hydrogens is 336 g/mol. The molecule has 0 nitrogen and oxygen atoms in total. The van der Waals surface area contributed by atoms with E-state index in [0.29, 0.717) is 5.92 Å². The molecule has 2 aromatic rings. The van der Waals surface area contributed by atoms with Gasteiger partial charge in [0.05, 0.1) is 0 Å². The molecule has 2 aromatic carbocycles. The van der Waals surface area contributed by atoms with Crippen molar-refractivity contribution in [3.8, 4) is 0 Å². The molecule has 0 saturated heterocycles. The maximum Gasteiger partial charge on any atom is -0.0162 e. The van der Waals surface area contributed by atoms with Crippen molar-refractivity contribution in [1.82, 2.24) is 0 Å². The molecule has 0 amide bonds. The van der Waals surface area contributed by atoms with Crippen LogP contribution in [0.25, 0.3) is 5.57 Å². The van der Waals surface area contributed by atoms with Gasteiger partial charge in [0.15, 0.2) is 0 Å². The molecule has 0 radical (unpaired) electrons. The summed E-state index contributed by atoms with van der Waals surface area (Å²) in [6.45, 7) is 17.6. The summed E-state index contributed by atoms with van der Waals surface area (Å²) < 4.78 is 0. The molecule has 1 atom stereocenters. The molecule has 28 heavy (non-hydrogen) atoms. The molecule has 0 spiro atoms. The number of rotatable bonds is 9. The van der Waals surface area contributed by atoms with Crippen molar-refractivity contribution >= 4 is 5.57 Å². The molecule has 0 aromatic heterocycles. The van der Waals surface area contributed by atoms with Gasteiger partial charge in [0, 0.05) is 0 Å². The second-order valence-corrected chi connectivity index (χ2v) is 8.37. The van der Waals surface area contributed by atoms with Crippen LogP contribution in [0.2, 0.25) is 0 Å². The lowest BCUT2D eigenvalue weighted by Crippen LogP contribution is -2.02. The summed E-state index contributed by atoms with van der Waals surface area (Å²) in [5.74, 6) is 1.48. The average molecular weight is 379 g/mol. The topological polar surface area (TPSA) is 0 Å². The van der Waals surface area contributed by atoms with Gasteiger partial charge in [0.25, 0.3) is 0 Å². The fourth-order valence-corrected chi connectivity index (χ4v) is 3.46. The quantitative estimate of drug-likeness (QED) is 0.409. The number of benzene rings is 2. The van der Waals surface area contributed by atoms with Crippen LogP contribution in [-0.4, -0.2) is 0 Å². The van der Waals surface area contributed by atoms with Gasteiger partial charge in [-0.05, 0) is 61.6 Å². The normalized spacial score (nSPS) is 11.7. The summed E-state index contributed by atoms with van der Waals surface area (Å²) in [5.41, 5.74) is 6.78. The minimum atomic E-state index is 0.665. The van der Waals surface area contributed by atoms with Gasteiger partial charge in [-0.15, -0.1) is 0 Å². The molecule has 0 aliphatic heterocycles. The highest BCUT2D eigenvalue weighted by atomic mass is 14.2. The van der Waals surface area contributed by atoms with Crippen molar-refractivity contribution in [1.29, 1.82) is 0 Å². The van der Waals surface area contributed by atoms with Crippen molar-refractivity contribution in [2.24, 2.45) is 11.8 Å². The van der Waals surface area contributed by atoms with Crippen molar-refractivity contribution < 1.29 is 0 Å². The first-order valence-corrected chi connectivity index (χ1v) is 11.2. The van der Waals surface area contributed by atoms with Crippen LogP contribution < -0.4 is 0 Å². The first kappa shape index (κ1) is 24.2. The van der Waals surface area contributed by atoms with E-state index in [1.807, 2.05) is 0 Å². The summed E-state index contributed by atoms with van der Waals surface area (Å²) >= 11 is 0. The minimum Gasteiger partial charge on any atom is -0.0950 e. The van der Waals surface area contributed by atoms with Crippen LogP contribution in [0.3, 0.4) is 0 Å². The van der Waals surface area contributed by atoms with Crippen LogP contribution in [-0.2, 0) is 6.42 Å². The van der Waals surface area contributed by atoms with Gasteiger partial charge in [-0.2, -0.15) is 0 Å². The highest BCUT2D eigenvalue weighted by Gasteiger charge is 2.12. The van der Waals surface area contributed by atoms with Gasteiger partial charge in [0.1, 0.15) is 0 Å². The fourth-order valence-electron chi connectivity index (χ4n) is 3.46. The van der Waals surface area contributed by atoms with Gasteiger partial charge in [-0.1, -0.05) is 113 Å². The number of hydrogen-bond donors (Lipinski definition) is 0. The van der Waals surface area contributed by atoms with E-state index in [4.69, 9.17) is 0 Å². The van der Waals surface area contributed by atoms with Gasteiger partial charge >= 0.3 is 0 Å². The zero-order valence-electron chi connectivity index (χ0n) is 19.2. The maximum absolute atomic E-state index is 4.29. The smallest absolute Gasteiger partial charge is 0.0162 e. The Hall–Kier alpha value is -1.82. The number of hydrogen-bond acceptors (Lipinski definition) is 0. The molecule has 0 heterocycles. The molecule has 0 aliphatic carbocycles. The molecule has 0 fully saturated rings. The van der Waals surface area contributed by atoms with Crippen molar-refractivity contribution in [2.75, 3.05) is 0 Å².